The molecule has 1 amide bonds. The summed E-state index contributed by atoms with van der Waals surface area (Å²) in [5.74, 6) is 2.03. The van der Waals surface area contributed by atoms with Crippen molar-refractivity contribution in [2.75, 3.05) is 19.5 Å². The van der Waals surface area contributed by atoms with Crippen molar-refractivity contribution >= 4 is 11.6 Å². The number of aryl methyl sites for hydroxylation is 2. The van der Waals surface area contributed by atoms with Crippen LogP contribution >= 0.6 is 0 Å². The van der Waals surface area contributed by atoms with Crippen LogP contribution < -0.4 is 14.8 Å². The van der Waals surface area contributed by atoms with Gasteiger partial charge >= 0.3 is 0 Å². The molecular weight excluding hydrogens is 434 g/mol. The number of ether oxygens (including phenoxy) is 2. The van der Waals surface area contributed by atoms with Crippen molar-refractivity contribution in [1.29, 1.82) is 0 Å². The molecule has 2 heterocycles. The summed E-state index contributed by atoms with van der Waals surface area (Å²) in [7, 11) is 3.18. The summed E-state index contributed by atoms with van der Waals surface area (Å²) in [6.07, 6.45) is 0. The highest BCUT2D eigenvalue weighted by atomic mass is 16.5. The summed E-state index contributed by atoms with van der Waals surface area (Å²) in [4.78, 5) is 17.5. The van der Waals surface area contributed by atoms with Gasteiger partial charge in [-0.3, -0.25) is 4.79 Å². The number of hydrogen-bond acceptors (Lipinski definition) is 7. The van der Waals surface area contributed by atoms with Gasteiger partial charge in [-0.15, -0.1) is 5.10 Å². The zero-order valence-corrected chi connectivity index (χ0v) is 20.1. The molecule has 0 saturated carbocycles. The number of carbonyl (C=O) groups excluding carboxylic acids is 1. The Morgan fingerprint density at radius 2 is 1.88 bits per heavy atom. The second-order valence-electron chi connectivity index (χ2n) is 7.97. The van der Waals surface area contributed by atoms with Gasteiger partial charge in [-0.05, 0) is 57.0 Å². The van der Waals surface area contributed by atoms with E-state index in [9.17, 15) is 4.79 Å². The molecule has 9 heteroatoms. The number of oxazole rings is 1. The van der Waals surface area contributed by atoms with Gasteiger partial charge in [0, 0.05) is 11.8 Å². The lowest BCUT2D eigenvalue weighted by atomic mass is 10.1. The second-order valence-corrected chi connectivity index (χ2v) is 7.97. The van der Waals surface area contributed by atoms with Crippen LogP contribution in [-0.2, 0) is 6.54 Å². The highest BCUT2D eigenvalue weighted by molar-refractivity contribution is 6.04. The number of amides is 1. The summed E-state index contributed by atoms with van der Waals surface area (Å²) in [6, 6.07) is 11.2. The molecular formula is C25H27N5O4. The van der Waals surface area contributed by atoms with Gasteiger partial charge < -0.3 is 19.2 Å². The monoisotopic (exact) mass is 461 g/mol. The predicted octanol–water partition coefficient (Wildman–Crippen LogP) is 4.48. The van der Waals surface area contributed by atoms with E-state index in [4.69, 9.17) is 13.9 Å². The molecule has 0 fully saturated rings. The molecule has 4 aromatic rings. The number of methoxy groups -OCH3 is 2. The Morgan fingerprint density at radius 1 is 1.09 bits per heavy atom. The minimum Gasteiger partial charge on any atom is -0.497 e. The molecule has 0 aliphatic carbocycles. The Kier molecular flexibility index (Phi) is 6.36. The Balaban J connectivity index is 1.56. The van der Waals surface area contributed by atoms with Crippen LogP contribution in [0.25, 0.3) is 11.5 Å². The van der Waals surface area contributed by atoms with Gasteiger partial charge in [-0.25, -0.2) is 9.67 Å². The quantitative estimate of drug-likeness (QED) is 0.432. The lowest BCUT2D eigenvalue weighted by Gasteiger charge is -2.09. The normalized spacial score (nSPS) is 10.9. The van der Waals surface area contributed by atoms with E-state index < -0.39 is 0 Å². The molecule has 9 nitrogen and oxygen atoms in total. The topological polar surface area (TPSA) is 104 Å². The van der Waals surface area contributed by atoms with E-state index in [-0.39, 0.29) is 11.6 Å². The fraction of sp³-hybridized carbons (Fsp3) is 0.280. The van der Waals surface area contributed by atoms with E-state index in [0.717, 1.165) is 16.8 Å². The Hall–Kier alpha value is -4.14. The third kappa shape index (κ3) is 4.36. The van der Waals surface area contributed by atoms with Crippen LogP contribution in [-0.4, -0.2) is 40.1 Å². The first-order valence-corrected chi connectivity index (χ1v) is 10.8. The standard InChI is InChI=1S/C25H27N5O4/c1-14-8-7-9-20(15(14)2)26-24(31)23-16(3)30(29-28-23)13-21-17(4)34-25(27-21)19-11-10-18(32-5)12-22(19)33-6/h7-12H,13H2,1-6H3,(H,26,31). The predicted molar refractivity (Wildman–Crippen MR) is 128 cm³/mol. The molecule has 2 aromatic heterocycles. The zero-order valence-electron chi connectivity index (χ0n) is 20.1. The lowest BCUT2D eigenvalue weighted by molar-refractivity contribution is 0.102. The molecule has 0 atom stereocenters. The minimum absolute atomic E-state index is 0.263. The average molecular weight is 462 g/mol. The van der Waals surface area contributed by atoms with Crippen LogP contribution in [0.2, 0.25) is 0 Å². The van der Waals surface area contributed by atoms with E-state index in [0.29, 0.717) is 46.6 Å². The summed E-state index contributed by atoms with van der Waals surface area (Å²) in [5.41, 5.74) is 5.16. The van der Waals surface area contributed by atoms with Crippen LogP contribution in [0.4, 0.5) is 5.69 Å². The summed E-state index contributed by atoms with van der Waals surface area (Å²) >= 11 is 0. The fourth-order valence-corrected chi connectivity index (χ4v) is 3.60. The SMILES string of the molecule is COc1ccc(-c2nc(Cn3nnc(C(=O)Nc4cccc(C)c4C)c3C)c(C)o2)c(OC)c1. The highest BCUT2D eigenvalue weighted by Crippen LogP contribution is 2.34. The Bertz CT molecular complexity index is 1360. The number of benzene rings is 2. The summed E-state index contributed by atoms with van der Waals surface area (Å²) in [6.45, 7) is 7.92. The third-order valence-electron chi connectivity index (χ3n) is 5.88. The Morgan fingerprint density at radius 3 is 2.62 bits per heavy atom. The van der Waals surface area contributed by atoms with Gasteiger partial charge in [0.15, 0.2) is 5.69 Å². The van der Waals surface area contributed by atoms with E-state index in [2.05, 4.69) is 20.6 Å². The van der Waals surface area contributed by atoms with Crippen molar-refractivity contribution in [2.45, 2.75) is 34.2 Å². The maximum absolute atomic E-state index is 12.9. The number of nitrogens with one attached hydrogen (secondary N) is 1. The largest absolute Gasteiger partial charge is 0.497 e. The van der Waals surface area contributed by atoms with Gasteiger partial charge in [0.25, 0.3) is 5.91 Å². The van der Waals surface area contributed by atoms with E-state index in [1.54, 1.807) is 31.9 Å². The molecule has 0 spiro atoms. The summed E-state index contributed by atoms with van der Waals surface area (Å²) in [5, 5.41) is 11.2. The molecule has 34 heavy (non-hydrogen) atoms. The first kappa shape index (κ1) is 23.0. The van der Waals surface area contributed by atoms with Crippen LogP contribution in [0.5, 0.6) is 11.5 Å². The molecule has 1 N–H and O–H groups in total. The van der Waals surface area contributed by atoms with Crippen molar-refractivity contribution in [3.63, 3.8) is 0 Å². The van der Waals surface area contributed by atoms with Crippen LogP contribution in [0.15, 0.2) is 40.8 Å². The van der Waals surface area contributed by atoms with E-state index >= 15 is 0 Å². The van der Waals surface area contributed by atoms with Gasteiger partial charge in [-0.1, -0.05) is 17.3 Å². The van der Waals surface area contributed by atoms with Crippen molar-refractivity contribution in [1.82, 2.24) is 20.0 Å². The van der Waals surface area contributed by atoms with Gasteiger partial charge in [0.2, 0.25) is 5.89 Å². The lowest BCUT2D eigenvalue weighted by Crippen LogP contribution is -2.15. The molecule has 0 bridgehead atoms. The average Bonchev–Trinajstić information content (AvgIpc) is 3.38. The molecule has 0 aliphatic heterocycles. The molecule has 0 aliphatic rings. The van der Waals surface area contributed by atoms with Crippen molar-refractivity contribution in [3.05, 3.63) is 70.4 Å². The first-order chi connectivity index (χ1) is 16.3. The number of nitrogens with zero attached hydrogens (tertiary/aromatic N) is 4. The van der Waals surface area contributed by atoms with Crippen molar-refractivity contribution in [2.24, 2.45) is 0 Å². The maximum Gasteiger partial charge on any atom is 0.278 e. The number of hydrogen-bond donors (Lipinski definition) is 1. The smallest absolute Gasteiger partial charge is 0.278 e. The molecule has 0 radical (unpaired) electrons. The minimum atomic E-state index is -0.307. The molecule has 2 aromatic carbocycles. The van der Waals surface area contributed by atoms with Crippen LogP contribution in [0.1, 0.15) is 38.8 Å². The van der Waals surface area contributed by atoms with Gasteiger partial charge in [0.05, 0.1) is 32.0 Å². The van der Waals surface area contributed by atoms with Crippen LogP contribution in [0.3, 0.4) is 0 Å². The van der Waals surface area contributed by atoms with Crippen molar-refractivity contribution < 1.29 is 18.7 Å². The molecule has 176 valence electrons. The number of carbonyl (C=O) groups is 1. The first-order valence-electron chi connectivity index (χ1n) is 10.8. The van der Waals surface area contributed by atoms with E-state index in [1.807, 2.05) is 51.1 Å². The fourth-order valence-electron chi connectivity index (χ4n) is 3.60. The van der Waals surface area contributed by atoms with Gasteiger partial charge in [-0.2, -0.15) is 0 Å². The maximum atomic E-state index is 12.9. The third-order valence-corrected chi connectivity index (χ3v) is 5.88. The number of anilines is 1. The second kappa shape index (κ2) is 9.38. The zero-order chi connectivity index (χ0) is 24.4. The highest BCUT2D eigenvalue weighted by Gasteiger charge is 2.21. The van der Waals surface area contributed by atoms with E-state index in [1.165, 1.54) is 0 Å². The van der Waals surface area contributed by atoms with Gasteiger partial charge in [0.1, 0.15) is 23.0 Å². The molecule has 0 saturated heterocycles. The Labute approximate surface area is 197 Å². The number of aromatic nitrogens is 4. The van der Waals surface area contributed by atoms with Crippen molar-refractivity contribution in [3.8, 4) is 23.0 Å². The molecule has 4 rings (SSSR count). The molecule has 0 unspecified atom stereocenters. The summed E-state index contributed by atoms with van der Waals surface area (Å²) < 4.78 is 18.3. The number of rotatable bonds is 7. The van der Waals surface area contributed by atoms with Crippen LogP contribution in [0, 0.1) is 27.7 Å².